The van der Waals surface area contributed by atoms with Crippen molar-refractivity contribution in [2.75, 3.05) is 159 Å². The molecule has 0 radical (unpaired) electrons. The van der Waals surface area contributed by atoms with Crippen LogP contribution >= 0.6 is 0 Å². The summed E-state index contributed by atoms with van der Waals surface area (Å²) in [5, 5.41) is 8.58. The van der Waals surface area contributed by atoms with Gasteiger partial charge in [0.25, 0.3) is 0 Å². The number of aliphatic hydroxyl groups is 1. The quantitative estimate of drug-likeness (QED) is 0.0705. The van der Waals surface area contributed by atoms with E-state index in [9.17, 15) is 0 Å². The molecule has 0 aliphatic rings. The Bertz CT molecular complexity index is 517. The third-order valence-corrected chi connectivity index (χ3v) is 6.97. The SMILES string of the molecule is CCCCCCCCCCCCOCCCOCOCCOCCOCCOCCOCCOCCOCCOCCOCCOCCO. The van der Waals surface area contributed by atoms with Crippen LogP contribution in [0.5, 0.6) is 0 Å². The first-order valence-electron chi connectivity index (χ1n) is 19.0. The standard InChI is InChI=1S/C36H74O13/c1-2-3-4-5-6-7-8-9-10-11-14-38-15-12-16-48-36-49-35-34-47-33-32-46-31-30-45-29-28-44-27-26-43-25-24-42-23-22-41-21-20-40-19-18-39-17-13-37/h37H,2-36H2,1H3. The lowest BCUT2D eigenvalue weighted by Gasteiger charge is -2.09. The Morgan fingerprint density at radius 3 is 0.857 bits per heavy atom. The van der Waals surface area contributed by atoms with E-state index in [0.717, 1.165) is 26.1 Å². The van der Waals surface area contributed by atoms with Crippen LogP contribution in [0.15, 0.2) is 0 Å². The lowest BCUT2D eigenvalue weighted by Crippen LogP contribution is -2.15. The Hall–Kier alpha value is -0.520. The van der Waals surface area contributed by atoms with Gasteiger partial charge in [-0.3, -0.25) is 0 Å². The molecule has 0 saturated heterocycles. The Morgan fingerprint density at radius 2 is 0.490 bits per heavy atom. The van der Waals surface area contributed by atoms with E-state index < -0.39 is 0 Å². The normalized spacial score (nSPS) is 11.6. The predicted molar refractivity (Wildman–Crippen MR) is 189 cm³/mol. The van der Waals surface area contributed by atoms with Gasteiger partial charge in [0.2, 0.25) is 0 Å². The van der Waals surface area contributed by atoms with Crippen molar-refractivity contribution in [2.45, 2.75) is 77.6 Å². The molecule has 1 N–H and O–H groups in total. The monoisotopic (exact) mass is 715 g/mol. The summed E-state index contributed by atoms with van der Waals surface area (Å²) in [4.78, 5) is 0. The maximum atomic E-state index is 8.58. The van der Waals surface area contributed by atoms with Crippen LogP contribution in [0.3, 0.4) is 0 Å². The van der Waals surface area contributed by atoms with Crippen LogP contribution in [0.4, 0.5) is 0 Å². The molecule has 0 bridgehead atoms. The van der Waals surface area contributed by atoms with Crippen LogP contribution in [-0.2, 0) is 56.8 Å². The minimum absolute atomic E-state index is 0.0269. The van der Waals surface area contributed by atoms with E-state index in [4.69, 9.17) is 61.9 Å². The fraction of sp³-hybridized carbons (Fsp3) is 1.00. The molecule has 0 amide bonds. The summed E-state index contributed by atoms with van der Waals surface area (Å²) >= 11 is 0. The number of hydrogen-bond acceptors (Lipinski definition) is 13. The molecule has 0 rings (SSSR count). The van der Waals surface area contributed by atoms with Crippen molar-refractivity contribution in [1.82, 2.24) is 0 Å². The largest absolute Gasteiger partial charge is 0.394 e. The van der Waals surface area contributed by atoms with E-state index in [0.29, 0.717) is 132 Å². The molecule has 0 atom stereocenters. The number of rotatable bonds is 46. The molecule has 13 heteroatoms. The van der Waals surface area contributed by atoms with Crippen LogP contribution in [0.25, 0.3) is 0 Å². The highest BCUT2D eigenvalue weighted by atomic mass is 16.7. The van der Waals surface area contributed by atoms with Crippen molar-refractivity contribution >= 4 is 0 Å². The van der Waals surface area contributed by atoms with Gasteiger partial charge in [0.15, 0.2) is 0 Å². The van der Waals surface area contributed by atoms with Gasteiger partial charge in [-0.2, -0.15) is 0 Å². The predicted octanol–water partition coefficient (Wildman–Crippen LogP) is 4.45. The Morgan fingerprint density at radius 1 is 0.245 bits per heavy atom. The molecule has 0 fully saturated rings. The summed E-state index contributed by atoms with van der Waals surface area (Å²) in [7, 11) is 0. The highest BCUT2D eigenvalue weighted by molar-refractivity contribution is 4.47. The third kappa shape index (κ3) is 47.5. The van der Waals surface area contributed by atoms with Gasteiger partial charge in [-0.05, 0) is 12.8 Å². The topological polar surface area (TPSA) is 131 Å². The van der Waals surface area contributed by atoms with Gasteiger partial charge < -0.3 is 61.9 Å². The van der Waals surface area contributed by atoms with E-state index >= 15 is 0 Å². The fourth-order valence-corrected chi connectivity index (χ4v) is 4.28. The van der Waals surface area contributed by atoms with Gasteiger partial charge in [-0.15, -0.1) is 0 Å². The van der Waals surface area contributed by atoms with Gasteiger partial charge in [0.1, 0.15) is 6.79 Å². The smallest absolute Gasteiger partial charge is 0.146 e. The molecule has 0 aliphatic carbocycles. The Labute approximate surface area is 298 Å². The zero-order chi connectivity index (χ0) is 35.2. The summed E-state index contributed by atoms with van der Waals surface area (Å²) in [5.74, 6) is 0. The van der Waals surface area contributed by atoms with Crippen molar-refractivity contribution in [3.05, 3.63) is 0 Å². The molecular formula is C36H74O13. The number of unbranched alkanes of at least 4 members (excludes halogenated alkanes) is 9. The van der Waals surface area contributed by atoms with Gasteiger partial charge in [-0.1, -0.05) is 64.7 Å². The molecule has 0 aromatic heterocycles. The minimum atomic E-state index is 0.0269. The summed E-state index contributed by atoms with van der Waals surface area (Å²) in [6.45, 7) is 14.3. The third-order valence-electron chi connectivity index (χ3n) is 6.97. The first-order valence-corrected chi connectivity index (χ1v) is 19.0. The van der Waals surface area contributed by atoms with Crippen molar-refractivity contribution in [1.29, 1.82) is 0 Å². The summed E-state index contributed by atoms with van der Waals surface area (Å²) in [6.07, 6.45) is 14.3. The minimum Gasteiger partial charge on any atom is -0.394 e. The highest BCUT2D eigenvalue weighted by Gasteiger charge is 1.97. The number of aliphatic hydroxyl groups excluding tert-OH is 1. The van der Waals surface area contributed by atoms with E-state index in [-0.39, 0.29) is 13.4 Å². The zero-order valence-electron chi connectivity index (χ0n) is 31.1. The molecular weight excluding hydrogens is 640 g/mol. The second-order valence-electron chi connectivity index (χ2n) is 11.3. The first kappa shape index (κ1) is 48.5. The fourth-order valence-electron chi connectivity index (χ4n) is 4.28. The maximum Gasteiger partial charge on any atom is 0.146 e. The van der Waals surface area contributed by atoms with E-state index in [2.05, 4.69) is 6.92 Å². The molecule has 49 heavy (non-hydrogen) atoms. The lowest BCUT2D eigenvalue weighted by atomic mass is 10.1. The number of hydrogen-bond donors (Lipinski definition) is 1. The molecule has 0 unspecified atom stereocenters. The highest BCUT2D eigenvalue weighted by Crippen LogP contribution is 2.10. The van der Waals surface area contributed by atoms with Crippen LogP contribution in [-0.4, -0.2) is 164 Å². The number of ether oxygens (including phenoxy) is 12. The zero-order valence-corrected chi connectivity index (χ0v) is 31.1. The molecule has 0 heterocycles. The van der Waals surface area contributed by atoms with Crippen LogP contribution < -0.4 is 0 Å². The molecule has 0 saturated carbocycles. The Balaban J connectivity index is 3.04. The molecule has 13 nitrogen and oxygen atoms in total. The molecule has 0 spiro atoms. The van der Waals surface area contributed by atoms with Gasteiger partial charge in [0.05, 0.1) is 139 Å². The summed E-state index contributed by atoms with van der Waals surface area (Å²) in [6, 6.07) is 0. The average molecular weight is 715 g/mol. The van der Waals surface area contributed by atoms with Gasteiger partial charge in [-0.25, -0.2) is 0 Å². The molecule has 296 valence electrons. The van der Waals surface area contributed by atoms with Crippen LogP contribution in [0, 0.1) is 0 Å². The molecule has 0 aromatic rings. The van der Waals surface area contributed by atoms with Gasteiger partial charge >= 0.3 is 0 Å². The van der Waals surface area contributed by atoms with Crippen LogP contribution in [0.2, 0.25) is 0 Å². The van der Waals surface area contributed by atoms with E-state index in [1.807, 2.05) is 0 Å². The van der Waals surface area contributed by atoms with Crippen molar-refractivity contribution in [3.8, 4) is 0 Å². The van der Waals surface area contributed by atoms with E-state index in [1.165, 1.54) is 57.8 Å². The second-order valence-corrected chi connectivity index (χ2v) is 11.3. The van der Waals surface area contributed by atoms with Crippen molar-refractivity contribution in [2.24, 2.45) is 0 Å². The lowest BCUT2D eigenvalue weighted by molar-refractivity contribution is -0.0763. The van der Waals surface area contributed by atoms with Crippen LogP contribution in [0.1, 0.15) is 77.6 Å². The molecule has 0 aliphatic heterocycles. The molecule has 0 aromatic carbocycles. The maximum absolute atomic E-state index is 8.58. The first-order chi connectivity index (χ1) is 24.4. The van der Waals surface area contributed by atoms with E-state index in [1.54, 1.807) is 0 Å². The second kappa shape index (κ2) is 47.5. The summed E-state index contributed by atoms with van der Waals surface area (Å²) in [5.41, 5.74) is 0. The van der Waals surface area contributed by atoms with Gasteiger partial charge in [0, 0.05) is 13.2 Å². The van der Waals surface area contributed by atoms with Crippen molar-refractivity contribution in [3.63, 3.8) is 0 Å². The van der Waals surface area contributed by atoms with Crippen molar-refractivity contribution < 1.29 is 61.9 Å². The summed E-state index contributed by atoms with van der Waals surface area (Å²) < 4.78 is 65.3. The Kier molecular flexibility index (Phi) is 47.0. The average Bonchev–Trinajstić information content (AvgIpc) is 3.11.